The first-order valence-corrected chi connectivity index (χ1v) is 8.56. The van der Waals surface area contributed by atoms with Crippen LogP contribution in [0.4, 0.5) is 0 Å². The van der Waals surface area contributed by atoms with Gasteiger partial charge in [0.1, 0.15) is 0 Å². The third-order valence-corrected chi connectivity index (χ3v) is 4.98. The minimum absolute atomic E-state index is 0.0548. The van der Waals surface area contributed by atoms with E-state index in [2.05, 4.69) is 0 Å². The quantitative estimate of drug-likeness (QED) is 0.642. The molecule has 1 aliphatic carbocycles. The molecule has 1 aliphatic rings. The van der Waals surface area contributed by atoms with Gasteiger partial charge in [-0.2, -0.15) is 16.8 Å². The third-order valence-electron chi connectivity index (χ3n) is 3.19. The first-order chi connectivity index (χ1) is 8.39. The number of hydrogen-bond acceptors (Lipinski definition) is 5. The Balaban J connectivity index is 3.39. The second kappa shape index (κ2) is 4.98. The molecule has 0 heterocycles. The summed E-state index contributed by atoms with van der Waals surface area (Å²) >= 11 is 0. The molecule has 0 saturated carbocycles. The zero-order chi connectivity index (χ0) is 15.1. The molecule has 0 amide bonds. The summed E-state index contributed by atoms with van der Waals surface area (Å²) in [6.45, 7) is 3.13. The molecule has 0 aromatic rings. The molecule has 9 heteroatoms. The van der Waals surface area contributed by atoms with Crippen molar-refractivity contribution in [1.82, 2.24) is 0 Å². The topological polar surface area (TPSA) is 135 Å². The van der Waals surface area contributed by atoms with Gasteiger partial charge in [0.05, 0.1) is 16.2 Å². The minimum Gasteiger partial charge on any atom is -0.320 e. The summed E-state index contributed by atoms with van der Waals surface area (Å²) in [5.41, 5.74) is 5.27. The highest BCUT2D eigenvalue weighted by Crippen LogP contribution is 2.36. The summed E-state index contributed by atoms with van der Waals surface area (Å²) < 4.78 is 62.5. The molecule has 1 atom stereocenters. The Bertz CT molecular complexity index is 644. The normalized spacial score (nSPS) is 25.4. The van der Waals surface area contributed by atoms with E-state index in [1.165, 1.54) is 6.92 Å². The molecule has 0 aromatic carbocycles. The number of allylic oxidation sites excluding steroid dienone is 2. The van der Waals surface area contributed by atoms with Crippen molar-refractivity contribution in [2.24, 2.45) is 5.73 Å². The molecule has 110 valence electrons. The third kappa shape index (κ3) is 3.86. The zero-order valence-electron chi connectivity index (χ0n) is 10.6. The SMILES string of the molecule is CCC1(N)CC(CS(=O)(=O)O)=C(C)C=C1S(=O)(=O)O. The first kappa shape index (κ1) is 16.3. The van der Waals surface area contributed by atoms with E-state index < -0.39 is 31.5 Å². The van der Waals surface area contributed by atoms with Crippen molar-refractivity contribution in [3.8, 4) is 0 Å². The van der Waals surface area contributed by atoms with E-state index in [1.807, 2.05) is 0 Å². The predicted molar refractivity (Wildman–Crippen MR) is 70.6 cm³/mol. The fraction of sp³-hybridized carbons (Fsp3) is 0.600. The van der Waals surface area contributed by atoms with Crippen molar-refractivity contribution in [2.45, 2.75) is 32.2 Å². The number of nitrogens with two attached hydrogens (primary N) is 1. The van der Waals surface area contributed by atoms with Crippen molar-refractivity contribution in [3.63, 3.8) is 0 Å². The van der Waals surface area contributed by atoms with Crippen LogP contribution in [-0.4, -0.2) is 37.2 Å². The van der Waals surface area contributed by atoms with Crippen LogP contribution in [0, 0.1) is 0 Å². The maximum atomic E-state index is 11.3. The molecular formula is C10H17NO6S2. The van der Waals surface area contributed by atoms with Crippen molar-refractivity contribution >= 4 is 20.2 Å². The molecule has 0 fully saturated rings. The standard InChI is InChI=1S/C10H17NO6S2/c1-3-10(11)5-8(6-18(12,13)14)7(2)4-9(10)19(15,16)17/h4H,3,5-6,11H2,1-2H3,(H,12,13,14)(H,15,16,17). The molecule has 7 nitrogen and oxygen atoms in total. The van der Waals surface area contributed by atoms with Crippen LogP contribution in [0.1, 0.15) is 26.7 Å². The largest absolute Gasteiger partial charge is 0.320 e. The Morgan fingerprint density at radius 2 is 1.84 bits per heavy atom. The molecular weight excluding hydrogens is 294 g/mol. The molecule has 0 aliphatic heterocycles. The molecule has 0 radical (unpaired) electrons. The van der Waals surface area contributed by atoms with Gasteiger partial charge in [-0.3, -0.25) is 9.11 Å². The molecule has 1 unspecified atom stereocenters. The van der Waals surface area contributed by atoms with Gasteiger partial charge in [0, 0.05) is 0 Å². The summed E-state index contributed by atoms with van der Waals surface area (Å²) in [6.07, 6.45) is 1.30. The highest BCUT2D eigenvalue weighted by Gasteiger charge is 2.39. The van der Waals surface area contributed by atoms with Crippen LogP contribution in [0.5, 0.6) is 0 Å². The Morgan fingerprint density at radius 1 is 1.32 bits per heavy atom. The molecule has 0 aromatic heterocycles. The summed E-state index contributed by atoms with van der Waals surface area (Å²) in [6, 6.07) is 0. The predicted octanol–water partition coefficient (Wildman–Crippen LogP) is 0.474. The zero-order valence-corrected chi connectivity index (χ0v) is 12.3. The van der Waals surface area contributed by atoms with Gasteiger partial charge in [-0.05, 0) is 37.0 Å². The van der Waals surface area contributed by atoms with Crippen molar-refractivity contribution in [2.75, 3.05) is 5.75 Å². The summed E-state index contributed by atoms with van der Waals surface area (Å²) in [7, 11) is -8.68. The van der Waals surface area contributed by atoms with E-state index in [0.29, 0.717) is 11.1 Å². The minimum atomic E-state index is -4.46. The smallest absolute Gasteiger partial charge is 0.292 e. The van der Waals surface area contributed by atoms with Crippen LogP contribution >= 0.6 is 0 Å². The van der Waals surface area contributed by atoms with Crippen molar-refractivity contribution in [1.29, 1.82) is 0 Å². The van der Waals surface area contributed by atoms with Gasteiger partial charge in [-0.25, -0.2) is 0 Å². The summed E-state index contributed by atoms with van der Waals surface area (Å²) in [5.74, 6) is -0.604. The Hall–Kier alpha value is -0.740. The molecule has 0 spiro atoms. The summed E-state index contributed by atoms with van der Waals surface area (Å²) in [4.78, 5) is -0.334. The lowest BCUT2D eigenvalue weighted by Crippen LogP contribution is -2.46. The van der Waals surface area contributed by atoms with Crippen molar-refractivity contribution in [3.05, 3.63) is 22.1 Å². The fourth-order valence-corrected chi connectivity index (χ4v) is 3.89. The first-order valence-electron chi connectivity index (χ1n) is 5.51. The average molecular weight is 311 g/mol. The van der Waals surface area contributed by atoms with Gasteiger partial charge in [0.2, 0.25) is 0 Å². The average Bonchev–Trinajstić information content (AvgIpc) is 2.19. The van der Waals surface area contributed by atoms with E-state index in [-0.39, 0.29) is 17.7 Å². The van der Waals surface area contributed by atoms with Gasteiger partial charge >= 0.3 is 0 Å². The van der Waals surface area contributed by atoms with Crippen LogP contribution < -0.4 is 5.73 Å². The monoisotopic (exact) mass is 311 g/mol. The fourth-order valence-electron chi connectivity index (χ4n) is 2.07. The molecule has 19 heavy (non-hydrogen) atoms. The van der Waals surface area contributed by atoms with E-state index in [1.54, 1.807) is 6.92 Å². The number of rotatable bonds is 4. The second-order valence-electron chi connectivity index (χ2n) is 4.68. The highest BCUT2D eigenvalue weighted by molar-refractivity contribution is 7.90. The second-order valence-corrected chi connectivity index (χ2v) is 7.53. The van der Waals surface area contributed by atoms with Gasteiger partial charge < -0.3 is 5.73 Å². The molecule has 0 saturated heterocycles. The Morgan fingerprint density at radius 3 is 2.21 bits per heavy atom. The molecule has 4 N–H and O–H groups in total. The maximum Gasteiger partial charge on any atom is 0.292 e. The Labute approximate surface area is 112 Å². The highest BCUT2D eigenvalue weighted by atomic mass is 32.2. The number of hydrogen-bond donors (Lipinski definition) is 3. The van der Waals surface area contributed by atoms with Crippen LogP contribution in [0.25, 0.3) is 0 Å². The van der Waals surface area contributed by atoms with Crippen LogP contribution in [-0.2, 0) is 20.2 Å². The maximum absolute atomic E-state index is 11.3. The van der Waals surface area contributed by atoms with Crippen LogP contribution in [0.2, 0.25) is 0 Å². The van der Waals surface area contributed by atoms with Gasteiger partial charge in [0.25, 0.3) is 20.2 Å². The van der Waals surface area contributed by atoms with Crippen molar-refractivity contribution < 1.29 is 25.9 Å². The van der Waals surface area contributed by atoms with E-state index in [4.69, 9.17) is 10.3 Å². The lowest BCUT2D eigenvalue weighted by atomic mass is 9.83. The van der Waals surface area contributed by atoms with Crippen LogP contribution in [0.15, 0.2) is 22.1 Å². The van der Waals surface area contributed by atoms with E-state index in [0.717, 1.165) is 6.08 Å². The Kier molecular flexibility index (Phi) is 4.28. The van der Waals surface area contributed by atoms with Crippen LogP contribution in [0.3, 0.4) is 0 Å². The van der Waals surface area contributed by atoms with E-state index >= 15 is 0 Å². The lowest BCUT2D eigenvalue weighted by molar-refractivity contribution is 0.444. The van der Waals surface area contributed by atoms with Gasteiger partial charge in [-0.1, -0.05) is 6.92 Å². The lowest BCUT2D eigenvalue weighted by Gasteiger charge is -2.34. The van der Waals surface area contributed by atoms with Gasteiger partial charge in [-0.15, -0.1) is 0 Å². The van der Waals surface area contributed by atoms with E-state index in [9.17, 15) is 21.4 Å². The summed E-state index contributed by atoms with van der Waals surface area (Å²) in [5, 5.41) is 0. The molecule has 1 rings (SSSR count). The van der Waals surface area contributed by atoms with Gasteiger partial charge in [0.15, 0.2) is 0 Å². The molecule has 0 bridgehead atoms.